The number of aromatic nitrogens is 1. The Balaban J connectivity index is 2.73. The number of halogens is 1. The Morgan fingerprint density at radius 2 is 2.38 bits per heavy atom. The molecule has 0 fully saturated rings. The van der Waals surface area contributed by atoms with Crippen LogP contribution in [0.2, 0.25) is 0 Å². The summed E-state index contributed by atoms with van der Waals surface area (Å²) in [5.74, 6) is 0. The van der Waals surface area contributed by atoms with Crippen molar-refractivity contribution in [3.05, 3.63) is 29.6 Å². The molecule has 1 rings (SSSR count). The molecule has 0 spiro atoms. The molecule has 0 saturated carbocycles. The highest BCUT2D eigenvalue weighted by Crippen LogP contribution is 2.11. The van der Waals surface area contributed by atoms with E-state index in [9.17, 15) is 0 Å². The summed E-state index contributed by atoms with van der Waals surface area (Å²) in [5.41, 5.74) is 8.42. The van der Waals surface area contributed by atoms with Gasteiger partial charge in [0.15, 0.2) is 0 Å². The van der Waals surface area contributed by atoms with Gasteiger partial charge in [-0.2, -0.15) is 0 Å². The van der Waals surface area contributed by atoms with Crippen molar-refractivity contribution < 1.29 is 0 Å². The van der Waals surface area contributed by atoms with Crippen molar-refractivity contribution in [2.45, 2.75) is 13.3 Å². The number of nitrogen functional groups attached to an aromatic ring is 1. The molecular weight excluding hydrogens is 228 g/mol. The molecule has 1 aromatic heterocycles. The van der Waals surface area contributed by atoms with Crippen LogP contribution in [0, 0.1) is 6.92 Å². The van der Waals surface area contributed by atoms with Gasteiger partial charge in [0.25, 0.3) is 0 Å². The van der Waals surface area contributed by atoms with Gasteiger partial charge in [-0.1, -0.05) is 28.1 Å². The van der Waals surface area contributed by atoms with E-state index in [0.717, 1.165) is 28.7 Å². The fourth-order valence-electron chi connectivity index (χ4n) is 0.941. The zero-order valence-electron chi connectivity index (χ0n) is 7.63. The minimum absolute atomic E-state index is 0.751. The van der Waals surface area contributed by atoms with Crippen LogP contribution >= 0.6 is 15.9 Å². The van der Waals surface area contributed by atoms with Crippen LogP contribution in [0.1, 0.15) is 17.7 Å². The Morgan fingerprint density at radius 1 is 1.62 bits per heavy atom. The first kappa shape index (κ1) is 10.3. The summed E-state index contributed by atoms with van der Waals surface area (Å²) in [5, 5.41) is 0.984. The lowest BCUT2D eigenvalue weighted by Crippen LogP contribution is -1.92. The molecule has 0 aliphatic heterocycles. The maximum atomic E-state index is 5.72. The smallest absolute Gasteiger partial charge is 0.0602 e. The standard InChI is InChI=1S/C10H13BrN2/c1-8-10(12)6-9(7-13-8)4-2-3-5-11/h2,4,6-7H,3,5,12H2,1H3. The summed E-state index contributed by atoms with van der Waals surface area (Å²) >= 11 is 3.36. The number of pyridine rings is 1. The topological polar surface area (TPSA) is 38.9 Å². The largest absolute Gasteiger partial charge is 0.397 e. The molecule has 0 aliphatic rings. The maximum Gasteiger partial charge on any atom is 0.0602 e. The van der Waals surface area contributed by atoms with Crippen molar-refractivity contribution in [1.29, 1.82) is 0 Å². The number of anilines is 1. The van der Waals surface area contributed by atoms with Crippen LogP contribution in [-0.2, 0) is 0 Å². The monoisotopic (exact) mass is 240 g/mol. The second-order valence-corrected chi connectivity index (χ2v) is 3.62. The molecule has 3 heteroatoms. The van der Waals surface area contributed by atoms with Crippen LogP contribution in [0.5, 0.6) is 0 Å². The first-order valence-corrected chi connectivity index (χ1v) is 5.31. The Morgan fingerprint density at radius 3 is 3.00 bits per heavy atom. The maximum absolute atomic E-state index is 5.72. The van der Waals surface area contributed by atoms with E-state index in [1.165, 1.54) is 0 Å². The van der Waals surface area contributed by atoms with E-state index in [1.807, 2.05) is 25.3 Å². The van der Waals surface area contributed by atoms with E-state index in [-0.39, 0.29) is 0 Å². The summed E-state index contributed by atoms with van der Waals surface area (Å²) in [6.07, 6.45) is 6.98. The van der Waals surface area contributed by atoms with Crippen LogP contribution in [0.25, 0.3) is 6.08 Å². The average molecular weight is 241 g/mol. The van der Waals surface area contributed by atoms with Gasteiger partial charge >= 0.3 is 0 Å². The molecule has 1 aromatic rings. The van der Waals surface area contributed by atoms with Gasteiger partial charge in [-0.25, -0.2) is 0 Å². The Bertz CT molecular complexity index is 308. The molecule has 0 amide bonds. The zero-order valence-corrected chi connectivity index (χ0v) is 9.21. The van der Waals surface area contributed by atoms with Gasteiger partial charge in [0.1, 0.15) is 0 Å². The minimum Gasteiger partial charge on any atom is -0.397 e. The molecule has 0 unspecified atom stereocenters. The Labute approximate surface area is 87.0 Å². The van der Waals surface area contributed by atoms with Crippen LogP contribution in [0.3, 0.4) is 0 Å². The molecular formula is C10H13BrN2. The van der Waals surface area contributed by atoms with Crippen molar-refractivity contribution >= 4 is 27.7 Å². The summed E-state index contributed by atoms with van der Waals surface area (Å²) in [7, 11) is 0. The zero-order chi connectivity index (χ0) is 9.68. The second kappa shape index (κ2) is 5.02. The number of alkyl halides is 1. The van der Waals surface area contributed by atoms with E-state index in [2.05, 4.69) is 27.0 Å². The number of nitrogens with two attached hydrogens (primary N) is 1. The van der Waals surface area contributed by atoms with Crippen molar-refractivity contribution in [2.75, 3.05) is 11.1 Å². The molecule has 2 N–H and O–H groups in total. The third kappa shape index (κ3) is 3.19. The summed E-state index contributed by atoms with van der Waals surface area (Å²) < 4.78 is 0. The predicted octanol–water partition coefficient (Wildman–Crippen LogP) is 2.77. The SMILES string of the molecule is Cc1ncc(C=CCCBr)cc1N. The predicted molar refractivity (Wildman–Crippen MR) is 60.8 cm³/mol. The number of aryl methyl sites for hydroxylation is 1. The third-order valence-corrected chi connectivity index (χ3v) is 2.19. The van der Waals surface area contributed by atoms with Crippen LogP contribution in [0.15, 0.2) is 18.3 Å². The quantitative estimate of drug-likeness (QED) is 0.826. The lowest BCUT2D eigenvalue weighted by Gasteiger charge is -1.99. The summed E-state index contributed by atoms with van der Waals surface area (Å²) in [6.45, 7) is 1.90. The number of allylic oxidation sites excluding steroid dienone is 1. The number of rotatable bonds is 3. The van der Waals surface area contributed by atoms with Crippen LogP contribution in [-0.4, -0.2) is 10.3 Å². The minimum atomic E-state index is 0.751. The van der Waals surface area contributed by atoms with E-state index < -0.39 is 0 Å². The van der Waals surface area contributed by atoms with Gasteiger partial charge in [-0.05, 0) is 25.0 Å². The van der Waals surface area contributed by atoms with E-state index in [4.69, 9.17) is 5.73 Å². The highest BCUT2D eigenvalue weighted by Gasteiger charge is 1.94. The van der Waals surface area contributed by atoms with Crippen LogP contribution < -0.4 is 5.73 Å². The van der Waals surface area contributed by atoms with E-state index in [0.29, 0.717) is 0 Å². The van der Waals surface area contributed by atoms with Crippen molar-refractivity contribution in [1.82, 2.24) is 4.98 Å². The van der Waals surface area contributed by atoms with Crippen molar-refractivity contribution in [3.8, 4) is 0 Å². The normalized spacial score (nSPS) is 10.9. The van der Waals surface area contributed by atoms with Gasteiger partial charge < -0.3 is 5.73 Å². The summed E-state index contributed by atoms with van der Waals surface area (Å²) in [6, 6.07) is 1.94. The molecule has 0 saturated heterocycles. The van der Waals surface area contributed by atoms with E-state index in [1.54, 1.807) is 0 Å². The Hall–Kier alpha value is -0.830. The fourth-order valence-corrected chi connectivity index (χ4v) is 1.21. The molecule has 13 heavy (non-hydrogen) atoms. The number of nitrogens with zero attached hydrogens (tertiary/aromatic N) is 1. The molecule has 0 radical (unpaired) electrons. The lowest BCUT2D eigenvalue weighted by atomic mass is 10.2. The third-order valence-electron chi connectivity index (χ3n) is 1.73. The molecule has 0 atom stereocenters. The first-order chi connectivity index (χ1) is 6.24. The summed E-state index contributed by atoms with van der Waals surface area (Å²) in [4.78, 5) is 4.17. The highest BCUT2D eigenvalue weighted by molar-refractivity contribution is 9.09. The lowest BCUT2D eigenvalue weighted by molar-refractivity contribution is 1.20. The molecule has 0 aliphatic carbocycles. The van der Waals surface area contributed by atoms with E-state index >= 15 is 0 Å². The molecule has 2 nitrogen and oxygen atoms in total. The highest BCUT2D eigenvalue weighted by atomic mass is 79.9. The van der Waals surface area contributed by atoms with Gasteiger partial charge in [-0.15, -0.1) is 0 Å². The Kier molecular flexibility index (Phi) is 3.96. The van der Waals surface area contributed by atoms with Gasteiger partial charge in [0.2, 0.25) is 0 Å². The number of hydrogen-bond acceptors (Lipinski definition) is 2. The average Bonchev–Trinajstić information content (AvgIpc) is 2.12. The molecule has 1 heterocycles. The van der Waals surface area contributed by atoms with Gasteiger partial charge in [0.05, 0.1) is 11.4 Å². The number of hydrogen-bond donors (Lipinski definition) is 1. The van der Waals surface area contributed by atoms with Gasteiger partial charge in [0, 0.05) is 11.5 Å². The van der Waals surface area contributed by atoms with Crippen molar-refractivity contribution in [2.24, 2.45) is 0 Å². The first-order valence-electron chi connectivity index (χ1n) is 4.18. The molecule has 70 valence electrons. The second-order valence-electron chi connectivity index (χ2n) is 2.82. The molecule has 0 bridgehead atoms. The fraction of sp³-hybridized carbons (Fsp3) is 0.300. The van der Waals surface area contributed by atoms with Gasteiger partial charge in [-0.3, -0.25) is 4.98 Å². The van der Waals surface area contributed by atoms with Crippen LogP contribution in [0.4, 0.5) is 5.69 Å². The van der Waals surface area contributed by atoms with Crippen molar-refractivity contribution in [3.63, 3.8) is 0 Å². The molecule has 0 aromatic carbocycles.